The van der Waals surface area contributed by atoms with Crippen LogP contribution in [-0.2, 0) is 72.5 Å². The first kappa shape index (κ1) is 69.4. The number of ether oxygens (including phenoxy) is 5. The van der Waals surface area contributed by atoms with Crippen molar-refractivity contribution in [2.24, 2.45) is 0 Å². The van der Waals surface area contributed by atoms with Crippen molar-refractivity contribution in [1.29, 1.82) is 0 Å². The van der Waals surface area contributed by atoms with Crippen LogP contribution in [0.2, 0.25) is 0 Å². The Labute approximate surface area is 486 Å². The maximum atomic E-state index is 13.4. The number of likely N-dealkylation sites (N-methyl/N-ethyl adjacent to an activating group) is 1. The van der Waals surface area contributed by atoms with Gasteiger partial charge in [-0.05, 0) is 60.4 Å². The number of anilines is 2. The molecule has 2 aliphatic rings. The van der Waals surface area contributed by atoms with Crippen molar-refractivity contribution in [3.63, 3.8) is 0 Å². The van der Waals surface area contributed by atoms with Crippen LogP contribution in [0.4, 0.5) is 11.4 Å². The molecule has 5 amide bonds. The van der Waals surface area contributed by atoms with Gasteiger partial charge in [0.2, 0.25) is 17.7 Å². The molecule has 0 aliphatic carbocycles. The standard InChI is InChI=1S/C50H52N6O11.C3H6.3C2H6.CH3.Y/c1-56(41-16-18-44(58)55-49(41)61)50(62)47-34(30-57)11-8-14-39(47)51-19-21-64-23-25-66-26-24-65-22-20-52-46(60)31-67-43-27-33(15-17-42(43)63-2)36-28-40(32-9-4-3-5-10-32)54-48-35-12-6-7-13-38(35)53-45(59)29-37(36)48;1-3-2;3*1-2;;/h3-15,17,27-28,30,41,51H,16,18-26,29,31H2,1-2H3,(H,52,60)(H,53,59)(H,55,58,61);3H,1H2,2H3;3*1-2H3;1H3;/q;;;;;-1;. The van der Waals surface area contributed by atoms with Gasteiger partial charge in [-0.1, -0.05) is 114 Å². The number of hydrogen-bond donors (Lipinski definition) is 4. The quantitative estimate of drug-likeness (QED) is 0.0167. The van der Waals surface area contributed by atoms with Gasteiger partial charge in [-0.15, -0.1) is 6.58 Å². The second-order valence-corrected chi connectivity index (χ2v) is 16.0. The molecule has 419 valence electrons. The molecule has 1 aromatic heterocycles. The van der Waals surface area contributed by atoms with Gasteiger partial charge in [0.05, 0.1) is 75.8 Å². The monoisotopic (exact) mass is 1150 g/mol. The van der Waals surface area contributed by atoms with Crippen molar-refractivity contribution in [3.8, 4) is 45.1 Å². The first-order valence-electron chi connectivity index (χ1n) is 25.9. The van der Waals surface area contributed by atoms with Crippen molar-refractivity contribution in [3.05, 3.63) is 134 Å². The van der Waals surface area contributed by atoms with Gasteiger partial charge in [-0.3, -0.25) is 34.1 Å². The van der Waals surface area contributed by atoms with Crippen LogP contribution < -0.4 is 30.7 Å². The SMILES string of the molecule is C=CC.CC.CC.CC.COc1ccc(-c2cc(-c3ccccc3)nc3c2CC(=O)Nc2ccccc2-3)cc1OCC(=O)NCCOCCOCCOCCNc1cccc(C=O)c1C(=O)N(C)C1CCC(=O)NC1=O.[CH3-].[Y]. The Hall–Kier alpha value is -6.63. The number of piperidine rings is 1. The molecule has 0 spiro atoms. The number of aromatic nitrogens is 1. The average Bonchev–Trinajstić information content (AvgIpc) is 3.68. The van der Waals surface area contributed by atoms with E-state index in [1.54, 1.807) is 30.3 Å². The number of rotatable bonds is 22. The van der Waals surface area contributed by atoms with Crippen molar-refractivity contribution >= 4 is 47.2 Å². The molecular formula is C60H79N6O11Y-. The summed E-state index contributed by atoms with van der Waals surface area (Å²) in [5.74, 6) is -1.17. The Kier molecular flexibility index (Phi) is 34.6. The fourth-order valence-electron chi connectivity index (χ4n) is 7.78. The third kappa shape index (κ3) is 20.6. The molecule has 1 saturated heterocycles. The minimum Gasteiger partial charge on any atom is -0.493 e. The van der Waals surface area contributed by atoms with Crippen molar-refractivity contribution < 1.29 is 85.2 Å². The molecule has 1 unspecified atom stereocenters. The molecule has 0 bridgehead atoms. The van der Waals surface area contributed by atoms with Gasteiger partial charge in [0, 0.05) is 81.6 Å². The number of allylic oxidation sites excluding steroid dienone is 1. The van der Waals surface area contributed by atoms with Crippen LogP contribution in [0.5, 0.6) is 11.5 Å². The number of carbonyl (C=O) groups is 6. The maximum Gasteiger partial charge on any atom is 0.258 e. The van der Waals surface area contributed by atoms with Crippen LogP contribution in [0.3, 0.4) is 0 Å². The third-order valence-electron chi connectivity index (χ3n) is 11.1. The van der Waals surface area contributed by atoms with Gasteiger partial charge >= 0.3 is 0 Å². The summed E-state index contributed by atoms with van der Waals surface area (Å²) in [6.45, 7) is 19.3. The summed E-state index contributed by atoms with van der Waals surface area (Å²) in [5.41, 5.74) is 6.93. The zero-order valence-electron chi connectivity index (χ0n) is 47.1. The number of fused-ring (bicyclic) bond motifs is 3. The molecule has 7 rings (SSSR count). The number of carbonyl (C=O) groups excluding carboxylic acids is 6. The number of hydrogen-bond acceptors (Lipinski definition) is 13. The number of nitrogens with zero attached hydrogens (tertiary/aromatic N) is 2. The number of amides is 5. The fraction of sp³-hybridized carbons (Fsp3) is 0.367. The van der Waals surface area contributed by atoms with Crippen LogP contribution >= 0.6 is 0 Å². The van der Waals surface area contributed by atoms with Crippen LogP contribution in [0.1, 0.15) is 87.6 Å². The second-order valence-electron chi connectivity index (χ2n) is 16.0. The van der Waals surface area contributed by atoms with E-state index in [1.165, 1.54) is 25.1 Å². The van der Waals surface area contributed by atoms with E-state index in [9.17, 15) is 28.8 Å². The molecule has 18 heteroatoms. The Balaban J connectivity index is 0.00000261. The fourth-order valence-corrected chi connectivity index (χ4v) is 7.78. The normalized spacial score (nSPS) is 12.5. The number of nitrogens with one attached hydrogen (secondary N) is 4. The van der Waals surface area contributed by atoms with Crippen LogP contribution in [0, 0.1) is 7.43 Å². The van der Waals surface area contributed by atoms with Crippen molar-refractivity contribution in [2.75, 3.05) is 84.1 Å². The van der Waals surface area contributed by atoms with E-state index in [-0.39, 0.29) is 115 Å². The van der Waals surface area contributed by atoms with Gasteiger partial charge in [-0.25, -0.2) is 4.98 Å². The molecule has 3 heterocycles. The zero-order valence-corrected chi connectivity index (χ0v) is 50.0. The summed E-state index contributed by atoms with van der Waals surface area (Å²) in [4.78, 5) is 81.5. The van der Waals surface area contributed by atoms with Gasteiger partial charge in [0.1, 0.15) is 6.04 Å². The predicted molar refractivity (Wildman–Crippen MR) is 305 cm³/mol. The van der Waals surface area contributed by atoms with E-state index >= 15 is 0 Å². The summed E-state index contributed by atoms with van der Waals surface area (Å²) >= 11 is 0. The average molecular weight is 1150 g/mol. The minimum absolute atomic E-state index is 0. The smallest absolute Gasteiger partial charge is 0.258 e. The largest absolute Gasteiger partial charge is 0.493 e. The Morgan fingerprint density at radius 3 is 2.03 bits per heavy atom. The molecule has 4 N–H and O–H groups in total. The maximum absolute atomic E-state index is 13.4. The van der Waals surface area contributed by atoms with E-state index in [2.05, 4.69) is 27.8 Å². The third-order valence-corrected chi connectivity index (χ3v) is 11.1. The predicted octanol–water partition coefficient (Wildman–Crippen LogP) is 9.65. The molecule has 1 atom stereocenters. The van der Waals surface area contributed by atoms with E-state index in [0.717, 1.165) is 33.5 Å². The summed E-state index contributed by atoms with van der Waals surface area (Å²) in [5, 5.41) is 11.2. The summed E-state index contributed by atoms with van der Waals surface area (Å²) in [7, 11) is 3.00. The zero-order chi connectivity index (χ0) is 55.8. The van der Waals surface area contributed by atoms with Crippen molar-refractivity contribution in [2.45, 2.75) is 73.8 Å². The number of imide groups is 1. The minimum atomic E-state index is -0.833. The number of methoxy groups -OCH3 is 1. The number of para-hydroxylation sites is 1. The Morgan fingerprint density at radius 2 is 1.38 bits per heavy atom. The van der Waals surface area contributed by atoms with E-state index in [1.807, 2.05) is 115 Å². The molecular weight excluding hydrogens is 1070 g/mol. The summed E-state index contributed by atoms with van der Waals surface area (Å²) < 4.78 is 28.4. The summed E-state index contributed by atoms with van der Waals surface area (Å²) in [6.07, 6.45) is 2.75. The number of benzene rings is 4. The molecule has 4 aromatic carbocycles. The van der Waals surface area contributed by atoms with Crippen LogP contribution in [0.25, 0.3) is 33.6 Å². The topological polar surface area (TPSA) is 213 Å². The second kappa shape index (κ2) is 38.8. The molecule has 1 fully saturated rings. The molecule has 1 radical (unpaired) electrons. The van der Waals surface area contributed by atoms with Gasteiger partial charge in [-0.2, -0.15) is 0 Å². The first-order chi connectivity index (χ1) is 37.1. The number of aldehydes is 1. The summed E-state index contributed by atoms with van der Waals surface area (Å²) in [6, 6.07) is 28.9. The van der Waals surface area contributed by atoms with Crippen LogP contribution in [0.15, 0.2) is 110 Å². The van der Waals surface area contributed by atoms with E-state index in [0.29, 0.717) is 67.8 Å². The van der Waals surface area contributed by atoms with Gasteiger partial charge in [0.25, 0.3) is 11.8 Å². The van der Waals surface area contributed by atoms with Gasteiger partial charge in [0.15, 0.2) is 24.4 Å². The number of pyridine rings is 1. The first-order valence-corrected chi connectivity index (χ1v) is 25.9. The van der Waals surface area contributed by atoms with Crippen LogP contribution in [-0.4, -0.2) is 125 Å². The Bertz CT molecular complexity index is 2670. The Morgan fingerprint density at radius 1 is 0.756 bits per heavy atom. The van der Waals surface area contributed by atoms with Gasteiger partial charge < -0.3 is 52.0 Å². The van der Waals surface area contributed by atoms with Crippen molar-refractivity contribution in [1.82, 2.24) is 20.5 Å². The van der Waals surface area contributed by atoms with E-state index < -0.39 is 17.9 Å². The molecule has 78 heavy (non-hydrogen) atoms. The molecule has 5 aromatic rings. The molecule has 0 saturated carbocycles. The molecule has 2 aliphatic heterocycles. The molecule has 17 nitrogen and oxygen atoms in total. The van der Waals surface area contributed by atoms with E-state index in [4.69, 9.17) is 28.7 Å².